The summed E-state index contributed by atoms with van der Waals surface area (Å²) in [5.74, 6) is 0.296. The number of carbonyl (C=O) groups is 1. The molecule has 0 spiro atoms. The van der Waals surface area contributed by atoms with Gasteiger partial charge in [-0.15, -0.1) is 10.2 Å². The lowest BCUT2D eigenvalue weighted by molar-refractivity contribution is 0.0436. The van der Waals surface area contributed by atoms with E-state index in [1.165, 1.54) is 6.20 Å². The molecule has 3 rings (SSSR count). The highest BCUT2D eigenvalue weighted by molar-refractivity contribution is 5.92. The molecule has 0 saturated carbocycles. The van der Waals surface area contributed by atoms with E-state index < -0.39 is 5.97 Å². The number of aryl methyl sites for hydroxylation is 1. The summed E-state index contributed by atoms with van der Waals surface area (Å²) in [6, 6.07) is 1.91. The van der Waals surface area contributed by atoms with E-state index in [0.717, 1.165) is 11.0 Å². The molecule has 0 saturated heterocycles. The summed E-state index contributed by atoms with van der Waals surface area (Å²) in [5.41, 5.74) is 1.09. The second kappa shape index (κ2) is 6.15. The minimum absolute atomic E-state index is 0.0604. The number of carbonyl (C=O) groups excluding carboxylic acids is 1. The zero-order chi connectivity index (χ0) is 16.4. The lowest BCUT2D eigenvalue weighted by Gasteiger charge is -2.06. The Bertz CT molecular complexity index is 837. The van der Waals surface area contributed by atoms with E-state index in [1.807, 2.05) is 20.8 Å². The summed E-state index contributed by atoms with van der Waals surface area (Å²) in [6.45, 7) is 5.88. The standard InChI is InChI=1S/C15H17N5O3/c1-4-12-18-19-13(23-12)8-22-15(21)11-5-10-7-17-20(9(2)3)14(10)16-6-11/h5-7,9H,4,8H2,1-3H3. The van der Waals surface area contributed by atoms with Crippen LogP contribution in [-0.4, -0.2) is 30.9 Å². The van der Waals surface area contributed by atoms with Gasteiger partial charge in [-0.1, -0.05) is 6.92 Å². The van der Waals surface area contributed by atoms with Crippen molar-refractivity contribution in [2.75, 3.05) is 0 Å². The predicted molar refractivity (Wildman–Crippen MR) is 80.7 cm³/mol. The van der Waals surface area contributed by atoms with Crippen molar-refractivity contribution in [2.24, 2.45) is 0 Å². The topological polar surface area (TPSA) is 95.9 Å². The van der Waals surface area contributed by atoms with E-state index >= 15 is 0 Å². The number of aromatic nitrogens is 5. The van der Waals surface area contributed by atoms with E-state index in [2.05, 4.69) is 20.3 Å². The summed E-state index contributed by atoms with van der Waals surface area (Å²) in [5, 5.41) is 12.7. The Morgan fingerprint density at radius 1 is 1.30 bits per heavy atom. The van der Waals surface area contributed by atoms with Crippen LogP contribution in [0.25, 0.3) is 11.0 Å². The van der Waals surface area contributed by atoms with Gasteiger partial charge in [-0.05, 0) is 19.9 Å². The normalized spacial score (nSPS) is 11.3. The van der Waals surface area contributed by atoms with Crippen LogP contribution in [0.2, 0.25) is 0 Å². The molecule has 120 valence electrons. The van der Waals surface area contributed by atoms with Gasteiger partial charge in [0.1, 0.15) is 0 Å². The highest BCUT2D eigenvalue weighted by Crippen LogP contribution is 2.17. The molecule has 8 nitrogen and oxygen atoms in total. The Balaban J connectivity index is 1.73. The molecule has 23 heavy (non-hydrogen) atoms. The molecule has 0 aromatic carbocycles. The molecular formula is C15H17N5O3. The molecule has 0 atom stereocenters. The average molecular weight is 315 g/mol. The molecule has 0 bridgehead atoms. The monoisotopic (exact) mass is 315 g/mol. The van der Waals surface area contributed by atoms with Gasteiger partial charge in [-0.25, -0.2) is 14.5 Å². The molecule has 0 radical (unpaired) electrons. The molecule has 3 heterocycles. The summed E-state index contributed by atoms with van der Waals surface area (Å²) in [7, 11) is 0. The molecular weight excluding hydrogens is 298 g/mol. The van der Waals surface area contributed by atoms with Crippen LogP contribution in [0.15, 0.2) is 22.9 Å². The van der Waals surface area contributed by atoms with Crippen LogP contribution in [0.3, 0.4) is 0 Å². The molecule has 0 aliphatic rings. The summed E-state index contributed by atoms with van der Waals surface area (Å²) >= 11 is 0. The minimum Gasteiger partial charge on any atom is -0.452 e. The molecule has 0 N–H and O–H groups in total. The van der Waals surface area contributed by atoms with E-state index in [9.17, 15) is 4.79 Å². The first-order valence-electron chi connectivity index (χ1n) is 7.40. The van der Waals surface area contributed by atoms with E-state index in [4.69, 9.17) is 9.15 Å². The zero-order valence-corrected chi connectivity index (χ0v) is 13.2. The SMILES string of the molecule is CCc1nnc(COC(=O)c2cnc3c(cnn3C(C)C)c2)o1. The second-order valence-corrected chi connectivity index (χ2v) is 5.34. The molecule has 0 fully saturated rings. The second-order valence-electron chi connectivity index (χ2n) is 5.34. The van der Waals surface area contributed by atoms with Gasteiger partial charge in [0.15, 0.2) is 12.3 Å². The number of hydrogen-bond donors (Lipinski definition) is 0. The van der Waals surface area contributed by atoms with Gasteiger partial charge in [-0.3, -0.25) is 0 Å². The van der Waals surface area contributed by atoms with Crippen molar-refractivity contribution in [2.45, 2.75) is 39.8 Å². The highest BCUT2D eigenvalue weighted by atomic mass is 16.5. The van der Waals surface area contributed by atoms with Gasteiger partial charge in [-0.2, -0.15) is 5.10 Å². The van der Waals surface area contributed by atoms with Gasteiger partial charge in [0, 0.05) is 24.0 Å². The fourth-order valence-corrected chi connectivity index (χ4v) is 2.13. The van der Waals surface area contributed by atoms with Crippen molar-refractivity contribution < 1.29 is 13.9 Å². The van der Waals surface area contributed by atoms with Crippen LogP contribution >= 0.6 is 0 Å². The lowest BCUT2D eigenvalue weighted by Crippen LogP contribution is -2.07. The first-order chi connectivity index (χ1) is 11.1. The van der Waals surface area contributed by atoms with Gasteiger partial charge in [0.05, 0.1) is 11.8 Å². The summed E-state index contributed by atoms with van der Waals surface area (Å²) < 4.78 is 12.3. The first kappa shape index (κ1) is 15.1. The maximum Gasteiger partial charge on any atom is 0.340 e. The van der Waals surface area contributed by atoms with Crippen molar-refractivity contribution in [3.8, 4) is 0 Å². The third kappa shape index (κ3) is 3.05. The van der Waals surface area contributed by atoms with Gasteiger partial charge >= 0.3 is 5.97 Å². The van der Waals surface area contributed by atoms with Crippen LogP contribution in [0.5, 0.6) is 0 Å². The van der Waals surface area contributed by atoms with Crippen LogP contribution < -0.4 is 0 Å². The number of pyridine rings is 1. The van der Waals surface area contributed by atoms with Crippen molar-refractivity contribution in [3.63, 3.8) is 0 Å². The summed E-state index contributed by atoms with van der Waals surface area (Å²) in [4.78, 5) is 16.4. The molecule has 0 unspecified atom stereocenters. The third-order valence-corrected chi connectivity index (χ3v) is 3.30. The molecule has 3 aromatic rings. The number of fused-ring (bicyclic) bond motifs is 1. The van der Waals surface area contributed by atoms with Crippen LogP contribution in [-0.2, 0) is 17.8 Å². The Morgan fingerprint density at radius 2 is 2.09 bits per heavy atom. The number of nitrogens with zero attached hydrogens (tertiary/aromatic N) is 5. The minimum atomic E-state index is -0.493. The number of esters is 1. The predicted octanol–water partition coefficient (Wildman–Crippen LogP) is 2.31. The van der Waals surface area contributed by atoms with Crippen molar-refractivity contribution in [1.82, 2.24) is 25.0 Å². The first-order valence-corrected chi connectivity index (χ1v) is 7.40. The Morgan fingerprint density at radius 3 is 2.78 bits per heavy atom. The Hall–Kier alpha value is -2.77. The molecule has 0 amide bonds. The maximum absolute atomic E-state index is 12.1. The van der Waals surface area contributed by atoms with E-state index in [0.29, 0.717) is 17.9 Å². The fourth-order valence-electron chi connectivity index (χ4n) is 2.13. The van der Waals surface area contributed by atoms with Crippen molar-refractivity contribution >= 4 is 17.0 Å². The van der Waals surface area contributed by atoms with Gasteiger partial charge in [0.2, 0.25) is 5.89 Å². The lowest BCUT2D eigenvalue weighted by atomic mass is 10.2. The number of hydrogen-bond acceptors (Lipinski definition) is 7. The zero-order valence-electron chi connectivity index (χ0n) is 13.2. The molecule has 0 aliphatic carbocycles. The molecule has 3 aromatic heterocycles. The van der Waals surface area contributed by atoms with Crippen molar-refractivity contribution in [3.05, 3.63) is 35.8 Å². The average Bonchev–Trinajstić information content (AvgIpc) is 3.18. The quantitative estimate of drug-likeness (QED) is 0.666. The van der Waals surface area contributed by atoms with Gasteiger partial charge < -0.3 is 9.15 Å². The maximum atomic E-state index is 12.1. The molecule has 0 aliphatic heterocycles. The largest absolute Gasteiger partial charge is 0.452 e. The summed E-state index contributed by atoms with van der Waals surface area (Å²) in [6.07, 6.45) is 3.81. The van der Waals surface area contributed by atoms with Crippen LogP contribution in [0.1, 0.15) is 49.0 Å². The van der Waals surface area contributed by atoms with Crippen LogP contribution in [0, 0.1) is 0 Å². The Kier molecular flexibility index (Phi) is 4.05. The van der Waals surface area contributed by atoms with Gasteiger partial charge in [0.25, 0.3) is 5.89 Å². The highest BCUT2D eigenvalue weighted by Gasteiger charge is 2.14. The number of rotatable bonds is 5. The molecule has 8 heteroatoms. The third-order valence-electron chi connectivity index (χ3n) is 3.30. The van der Waals surface area contributed by atoms with Crippen LogP contribution in [0.4, 0.5) is 0 Å². The van der Waals surface area contributed by atoms with E-state index in [1.54, 1.807) is 16.9 Å². The smallest absolute Gasteiger partial charge is 0.340 e. The Labute approximate surface area is 132 Å². The van der Waals surface area contributed by atoms with Crippen molar-refractivity contribution in [1.29, 1.82) is 0 Å². The van der Waals surface area contributed by atoms with E-state index in [-0.39, 0.29) is 18.5 Å². The fraction of sp³-hybridized carbons (Fsp3) is 0.400. The number of ether oxygens (including phenoxy) is 1.